The largest absolute Gasteiger partial charge is 0.176 e. The van der Waals surface area contributed by atoms with Gasteiger partial charge in [0.05, 0.1) is 0 Å². The van der Waals surface area contributed by atoms with E-state index in [1.54, 1.807) is 0 Å². The minimum Gasteiger partial charge on any atom is -0.176 e. The molecule has 2 fully saturated rings. The first-order valence-electron chi connectivity index (χ1n) is 7.48. The Morgan fingerprint density at radius 3 is 1.62 bits per heavy atom. The smallest absolute Gasteiger partial charge is 0.125 e. The van der Waals surface area contributed by atoms with Crippen molar-refractivity contribution in [1.82, 2.24) is 0 Å². The molecule has 0 aromatic carbocycles. The van der Waals surface area contributed by atoms with Crippen molar-refractivity contribution in [2.45, 2.75) is 70.3 Å². The maximum atomic E-state index is 6.17. The van der Waals surface area contributed by atoms with E-state index in [0.717, 1.165) is 17.8 Å². The molecule has 0 nitrogen and oxygen atoms in total. The fraction of sp³-hybridized carbons (Fsp3) is 1.00. The van der Waals surface area contributed by atoms with Gasteiger partial charge < -0.3 is 0 Å². The van der Waals surface area contributed by atoms with E-state index in [4.69, 9.17) is 11.1 Å². The van der Waals surface area contributed by atoms with Crippen LogP contribution in [0.4, 0.5) is 0 Å². The van der Waals surface area contributed by atoms with Crippen molar-refractivity contribution in [2.24, 2.45) is 17.8 Å². The highest BCUT2D eigenvalue weighted by Gasteiger charge is 2.30. The fourth-order valence-electron chi connectivity index (χ4n) is 4.11. The van der Waals surface area contributed by atoms with Gasteiger partial charge in [0.15, 0.2) is 0 Å². The summed E-state index contributed by atoms with van der Waals surface area (Å²) in [7, 11) is -0.251. The van der Waals surface area contributed by atoms with Crippen molar-refractivity contribution >= 4 is 19.9 Å². The van der Waals surface area contributed by atoms with E-state index in [0.29, 0.717) is 0 Å². The SMILES string of the molecule is Cl[SiH2]CC(C1CCCCC1)C1CCCCC1. The second-order valence-corrected chi connectivity index (χ2v) is 8.03. The number of hydrogen-bond acceptors (Lipinski definition) is 0. The summed E-state index contributed by atoms with van der Waals surface area (Å²) in [5, 5.41) is 0. The van der Waals surface area contributed by atoms with Crippen LogP contribution in [0.5, 0.6) is 0 Å². The fourth-order valence-corrected chi connectivity index (χ4v) is 6.06. The summed E-state index contributed by atoms with van der Waals surface area (Å²) in [5.74, 6) is 3.15. The van der Waals surface area contributed by atoms with Crippen LogP contribution in [0.1, 0.15) is 64.2 Å². The molecule has 0 spiro atoms. The van der Waals surface area contributed by atoms with E-state index in [9.17, 15) is 0 Å². The molecule has 0 saturated heterocycles. The van der Waals surface area contributed by atoms with Gasteiger partial charge in [-0.1, -0.05) is 64.2 Å². The van der Waals surface area contributed by atoms with Gasteiger partial charge in [0.1, 0.15) is 8.83 Å². The van der Waals surface area contributed by atoms with Gasteiger partial charge in [-0.2, -0.15) is 11.1 Å². The molecule has 94 valence electrons. The molecule has 0 aliphatic heterocycles. The second-order valence-electron chi connectivity index (χ2n) is 5.94. The molecule has 2 rings (SSSR count). The Bertz CT molecular complexity index is 165. The topological polar surface area (TPSA) is 0 Å². The van der Waals surface area contributed by atoms with E-state index in [-0.39, 0.29) is 8.83 Å². The second kappa shape index (κ2) is 7.06. The highest BCUT2D eigenvalue weighted by atomic mass is 35.6. The van der Waals surface area contributed by atoms with Gasteiger partial charge in [-0.15, -0.1) is 0 Å². The summed E-state index contributed by atoms with van der Waals surface area (Å²) in [5.41, 5.74) is 0. The lowest BCUT2D eigenvalue weighted by atomic mass is 9.70. The maximum Gasteiger partial charge on any atom is 0.125 e. The van der Waals surface area contributed by atoms with Crippen LogP contribution in [0.15, 0.2) is 0 Å². The van der Waals surface area contributed by atoms with Gasteiger partial charge in [0, 0.05) is 0 Å². The van der Waals surface area contributed by atoms with Crippen LogP contribution in [0.3, 0.4) is 0 Å². The first-order chi connectivity index (χ1) is 7.92. The zero-order valence-electron chi connectivity index (χ0n) is 10.6. The van der Waals surface area contributed by atoms with E-state index in [2.05, 4.69) is 0 Å². The molecule has 2 saturated carbocycles. The minimum absolute atomic E-state index is 0.251. The third-order valence-corrected chi connectivity index (χ3v) is 6.49. The van der Waals surface area contributed by atoms with Crippen LogP contribution in [0.25, 0.3) is 0 Å². The molecule has 2 heteroatoms. The molecular formula is C14H27ClSi. The summed E-state index contributed by atoms with van der Waals surface area (Å²) in [6, 6.07) is 1.43. The maximum absolute atomic E-state index is 6.17. The summed E-state index contributed by atoms with van der Waals surface area (Å²) in [4.78, 5) is 0. The van der Waals surface area contributed by atoms with Crippen molar-refractivity contribution in [3.8, 4) is 0 Å². The molecule has 0 unspecified atom stereocenters. The lowest BCUT2D eigenvalue weighted by Gasteiger charge is -2.37. The van der Waals surface area contributed by atoms with Crippen molar-refractivity contribution in [1.29, 1.82) is 0 Å². The van der Waals surface area contributed by atoms with Crippen LogP contribution < -0.4 is 0 Å². The quantitative estimate of drug-likeness (QED) is 0.514. The van der Waals surface area contributed by atoms with Crippen molar-refractivity contribution in [3.05, 3.63) is 0 Å². The van der Waals surface area contributed by atoms with Crippen LogP contribution >= 0.6 is 11.1 Å². The number of hydrogen-bond donors (Lipinski definition) is 0. The molecule has 0 aromatic heterocycles. The highest BCUT2D eigenvalue weighted by molar-refractivity contribution is 6.93. The standard InChI is InChI=1S/C14H27ClSi/c15-16-11-14(12-7-3-1-4-8-12)13-9-5-2-6-10-13/h12-14H,1-11,16H2. The minimum atomic E-state index is -0.251. The first kappa shape index (κ1) is 13.0. The van der Waals surface area contributed by atoms with E-state index < -0.39 is 0 Å². The number of halogens is 1. The third kappa shape index (κ3) is 3.50. The molecule has 0 amide bonds. The Morgan fingerprint density at radius 2 is 1.25 bits per heavy atom. The molecule has 0 heterocycles. The van der Waals surface area contributed by atoms with Gasteiger partial charge in [-0.05, 0) is 23.8 Å². The highest BCUT2D eigenvalue weighted by Crippen LogP contribution is 2.41. The normalized spacial score (nSPS) is 25.9. The summed E-state index contributed by atoms with van der Waals surface area (Å²) < 4.78 is 0. The lowest BCUT2D eigenvalue weighted by Crippen LogP contribution is -2.27. The zero-order chi connectivity index (χ0) is 11.2. The van der Waals surface area contributed by atoms with Crippen molar-refractivity contribution < 1.29 is 0 Å². The van der Waals surface area contributed by atoms with Gasteiger partial charge in [0.25, 0.3) is 0 Å². The van der Waals surface area contributed by atoms with Gasteiger partial charge >= 0.3 is 0 Å². The van der Waals surface area contributed by atoms with Gasteiger partial charge in [0.2, 0.25) is 0 Å². The molecular weight excluding hydrogens is 232 g/mol. The van der Waals surface area contributed by atoms with Crippen LogP contribution in [-0.2, 0) is 0 Å². The number of rotatable bonds is 4. The Labute approximate surface area is 108 Å². The Morgan fingerprint density at radius 1 is 0.812 bits per heavy atom. The summed E-state index contributed by atoms with van der Waals surface area (Å²) in [6.07, 6.45) is 15.1. The van der Waals surface area contributed by atoms with Crippen molar-refractivity contribution in [3.63, 3.8) is 0 Å². The predicted molar refractivity (Wildman–Crippen MR) is 75.8 cm³/mol. The summed E-state index contributed by atoms with van der Waals surface area (Å²) >= 11 is 6.17. The average Bonchev–Trinajstić information content (AvgIpc) is 2.38. The Kier molecular flexibility index (Phi) is 5.71. The van der Waals surface area contributed by atoms with E-state index >= 15 is 0 Å². The third-order valence-electron chi connectivity index (χ3n) is 4.95. The average molecular weight is 259 g/mol. The molecule has 2 aliphatic carbocycles. The Balaban J connectivity index is 1.91. The molecule has 0 bridgehead atoms. The molecule has 0 N–H and O–H groups in total. The molecule has 2 aliphatic rings. The lowest BCUT2D eigenvalue weighted by molar-refractivity contribution is 0.159. The van der Waals surface area contributed by atoms with Crippen LogP contribution in [0.2, 0.25) is 6.04 Å². The van der Waals surface area contributed by atoms with E-state index in [1.807, 2.05) is 0 Å². The molecule has 0 radical (unpaired) electrons. The molecule has 0 aromatic rings. The van der Waals surface area contributed by atoms with Gasteiger partial charge in [-0.3, -0.25) is 0 Å². The Hall–Kier alpha value is 0.507. The monoisotopic (exact) mass is 258 g/mol. The summed E-state index contributed by atoms with van der Waals surface area (Å²) in [6.45, 7) is 0. The van der Waals surface area contributed by atoms with Crippen LogP contribution in [-0.4, -0.2) is 8.83 Å². The molecule has 0 atom stereocenters. The van der Waals surface area contributed by atoms with E-state index in [1.165, 1.54) is 70.3 Å². The molecule has 16 heavy (non-hydrogen) atoms. The zero-order valence-corrected chi connectivity index (χ0v) is 12.8. The van der Waals surface area contributed by atoms with Gasteiger partial charge in [-0.25, -0.2) is 0 Å². The first-order valence-corrected chi connectivity index (χ1v) is 10.6. The van der Waals surface area contributed by atoms with Crippen LogP contribution in [0, 0.1) is 17.8 Å². The van der Waals surface area contributed by atoms with Crippen molar-refractivity contribution in [2.75, 3.05) is 0 Å². The predicted octanol–water partition coefficient (Wildman–Crippen LogP) is 4.50.